The van der Waals surface area contributed by atoms with Crippen molar-refractivity contribution in [3.63, 3.8) is 0 Å². The Hall–Kier alpha value is -2.60. The van der Waals surface area contributed by atoms with E-state index in [1.165, 1.54) is 0 Å². The monoisotopic (exact) mass is 529 g/mol. The predicted molar refractivity (Wildman–Crippen MR) is 141 cm³/mol. The van der Waals surface area contributed by atoms with E-state index in [4.69, 9.17) is 35.8 Å². The highest BCUT2D eigenvalue weighted by Gasteiger charge is 2.45. The van der Waals surface area contributed by atoms with Crippen molar-refractivity contribution < 1.29 is 23.7 Å². The van der Waals surface area contributed by atoms with E-state index in [1.807, 2.05) is 31.9 Å². The van der Waals surface area contributed by atoms with Crippen LogP contribution in [0.5, 0.6) is 5.75 Å². The molecule has 2 bridgehead atoms. The number of rotatable bonds is 8. The van der Waals surface area contributed by atoms with Crippen molar-refractivity contribution in [1.29, 1.82) is 5.26 Å². The zero-order valence-electron chi connectivity index (χ0n) is 22.0. The Bertz CT molecular complexity index is 1070. The summed E-state index contributed by atoms with van der Waals surface area (Å²) in [7, 11) is 0. The summed E-state index contributed by atoms with van der Waals surface area (Å²) in [5.74, 6) is 0.885. The second kappa shape index (κ2) is 12.3. The molecule has 4 rings (SSSR count). The van der Waals surface area contributed by atoms with Crippen molar-refractivity contribution in [3.05, 3.63) is 40.6 Å². The molecule has 37 heavy (non-hydrogen) atoms. The van der Waals surface area contributed by atoms with Crippen LogP contribution in [-0.4, -0.2) is 61.5 Å². The Balaban J connectivity index is 1.46. The minimum Gasteiger partial charge on any atom is -0.446 e. The summed E-state index contributed by atoms with van der Waals surface area (Å²) in [6, 6.07) is 7.01. The number of likely N-dealkylation sites (tertiary alicyclic amines) is 1. The normalized spacial score (nSPS) is 25.7. The fourth-order valence-corrected chi connectivity index (χ4v) is 4.73. The summed E-state index contributed by atoms with van der Waals surface area (Å²) in [5, 5.41) is 9.49. The van der Waals surface area contributed by atoms with Crippen LogP contribution in [0, 0.1) is 29.1 Å². The second-order valence-electron chi connectivity index (χ2n) is 10.3. The zero-order valence-corrected chi connectivity index (χ0v) is 22.7. The number of piperidine rings is 1. The van der Waals surface area contributed by atoms with Gasteiger partial charge in [0.15, 0.2) is 5.90 Å². The van der Waals surface area contributed by atoms with Crippen LogP contribution in [0.15, 0.2) is 35.0 Å². The Morgan fingerprint density at radius 3 is 2.59 bits per heavy atom. The standard InChI is InChI=1S/C28H36ClN3O5/c1-5-17(2)12-31-27(37-25-9-6-20(11-30)10-24(25)29)18(3)19(4)35-26-21-13-32(14-22(26)16-34-15-21)28(33)36-23-7-8-23/h6,9-10,12,18-19,21-23,26H,5,7-8,13-16H2,1-4H3. The SMILES string of the molecule is CCC(C)=CN=C(Oc1ccc(C#N)cc1Cl)C(C)C(C)OC1C2COCC1CN(C(=O)OC1CC1)C2. The van der Waals surface area contributed by atoms with Gasteiger partial charge in [-0.3, -0.25) is 0 Å². The maximum atomic E-state index is 12.6. The van der Waals surface area contributed by atoms with E-state index in [1.54, 1.807) is 18.2 Å². The van der Waals surface area contributed by atoms with Gasteiger partial charge in [-0.15, -0.1) is 0 Å². The molecular formula is C28H36ClN3O5. The van der Waals surface area contributed by atoms with Gasteiger partial charge in [-0.2, -0.15) is 5.26 Å². The summed E-state index contributed by atoms with van der Waals surface area (Å²) in [4.78, 5) is 19.0. The van der Waals surface area contributed by atoms with Gasteiger partial charge in [0.25, 0.3) is 0 Å². The number of halogens is 1. The molecule has 3 aliphatic rings. The number of hydrogen-bond acceptors (Lipinski definition) is 7. The van der Waals surface area contributed by atoms with Gasteiger partial charge in [-0.25, -0.2) is 9.79 Å². The molecule has 0 spiro atoms. The van der Waals surface area contributed by atoms with Gasteiger partial charge in [0, 0.05) is 31.1 Å². The van der Waals surface area contributed by atoms with E-state index in [-0.39, 0.29) is 42.2 Å². The summed E-state index contributed by atoms with van der Waals surface area (Å²) in [5.41, 5.74) is 1.58. The zero-order chi connectivity index (χ0) is 26.5. The lowest BCUT2D eigenvalue weighted by atomic mass is 9.84. The van der Waals surface area contributed by atoms with E-state index < -0.39 is 0 Å². The van der Waals surface area contributed by atoms with Gasteiger partial charge in [0.1, 0.15) is 11.9 Å². The van der Waals surface area contributed by atoms with Crippen LogP contribution in [0.2, 0.25) is 5.02 Å². The molecule has 4 unspecified atom stereocenters. The Labute approximate surface area is 224 Å². The van der Waals surface area contributed by atoms with Crippen LogP contribution >= 0.6 is 11.6 Å². The summed E-state index contributed by atoms with van der Waals surface area (Å²) >= 11 is 6.39. The highest BCUT2D eigenvalue weighted by Crippen LogP contribution is 2.34. The van der Waals surface area contributed by atoms with Gasteiger partial charge < -0.3 is 23.8 Å². The molecule has 0 aromatic heterocycles. The number of benzene rings is 1. The minimum atomic E-state index is -0.223. The molecule has 3 fully saturated rings. The van der Waals surface area contributed by atoms with Crippen molar-refractivity contribution in [1.82, 2.24) is 4.90 Å². The maximum absolute atomic E-state index is 12.6. The highest BCUT2D eigenvalue weighted by molar-refractivity contribution is 6.32. The molecule has 1 saturated carbocycles. The molecule has 8 nitrogen and oxygen atoms in total. The van der Waals surface area contributed by atoms with Crippen molar-refractivity contribution in [2.45, 2.75) is 65.3 Å². The molecule has 1 aromatic carbocycles. The number of aliphatic imine (C=N–C) groups is 1. The summed E-state index contributed by atoms with van der Waals surface area (Å²) < 4.78 is 24.2. The Kier molecular flexibility index (Phi) is 9.12. The van der Waals surface area contributed by atoms with Gasteiger partial charge in [-0.05, 0) is 51.3 Å². The molecule has 2 aliphatic heterocycles. The topological polar surface area (TPSA) is 93.4 Å². The maximum Gasteiger partial charge on any atom is 0.410 e. The minimum absolute atomic E-state index is 0.0381. The average molecular weight is 530 g/mol. The number of carbonyl (C=O) groups is 1. The first-order valence-corrected chi connectivity index (χ1v) is 13.5. The van der Waals surface area contributed by atoms with E-state index in [0.29, 0.717) is 48.5 Å². The number of nitriles is 1. The molecule has 1 amide bonds. The van der Waals surface area contributed by atoms with E-state index in [9.17, 15) is 4.79 Å². The van der Waals surface area contributed by atoms with Crippen LogP contribution in [0.4, 0.5) is 4.79 Å². The lowest BCUT2D eigenvalue weighted by Crippen LogP contribution is -2.58. The smallest absolute Gasteiger partial charge is 0.410 e. The number of carbonyl (C=O) groups excluding carboxylic acids is 1. The van der Waals surface area contributed by atoms with Crippen LogP contribution < -0.4 is 4.74 Å². The molecule has 0 N–H and O–H groups in total. The first-order chi connectivity index (χ1) is 17.8. The average Bonchev–Trinajstić information content (AvgIpc) is 3.70. The summed E-state index contributed by atoms with van der Waals surface area (Å²) in [6.45, 7) is 10.3. The molecule has 1 aromatic rings. The molecule has 2 heterocycles. The number of amides is 1. The number of ether oxygens (including phenoxy) is 4. The molecule has 200 valence electrons. The molecule has 0 radical (unpaired) electrons. The summed E-state index contributed by atoms with van der Waals surface area (Å²) in [6.07, 6.45) is 4.22. The lowest BCUT2D eigenvalue weighted by molar-refractivity contribution is -0.166. The van der Waals surface area contributed by atoms with Crippen LogP contribution in [0.3, 0.4) is 0 Å². The van der Waals surface area contributed by atoms with Crippen LogP contribution in [0.1, 0.15) is 52.5 Å². The third kappa shape index (κ3) is 7.04. The first-order valence-electron chi connectivity index (χ1n) is 13.1. The molecule has 1 aliphatic carbocycles. The Morgan fingerprint density at radius 2 is 2.00 bits per heavy atom. The third-order valence-corrected chi connectivity index (χ3v) is 7.56. The third-order valence-electron chi connectivity index (χ3n) is 7.26. The Morgan fingerprint density at radius 1 is 1.30 bits per heavy atom. The molecular weight excluding hydrogens is 494 g/mol. The number of fused-ring (bicyclic) bond motifs is 2. The van der Waals surface area contributed by atoms with Crippen molar-refractivity contribution in [2.24, 2.45) is 22.7 Å². The van der Waals surface area contributed by atoms with E-state index >= 15 is 0 Å². The van der Waals surface area contributed by atoms with Gasteiger partial charge >= 0.3 is 6.09 Å². The first kappa shape index (κ1) is 27.4. The van der Waals surface area contributed by atoms with Crippen LogP contribution in [-0.2, 0) is 14.2 Å². The fraction of sp³-hybridized carbons (Fsp3) is 0.607. The second-order valence-corrected chi connectivity index (χ2v) is 10.7. The van der Waals surface area contributed by atoms with E-state index in [0.717, 1.165) is 24.8 Å². The number of nitrogens with zero attached hydrogens (tertiary/aromatic N) is 3. The highest BCUT2D eigenvalue weighted by atomic mass is 35.5. The lowest BCUT2D eigenvalue weighted by Gasteiger charge is -2.47. The van der Waals surface area contributed by atoms with Crippen molar-refractivity contribution in [3.8, 4) is 11.8 Å². The van der Waals surface area contributed by atoms with Gasteiger partial charge in [0.05, 0.1) is 48.0 Å². The molecule has 4 atom stereocenters. The predicted octanol–water partition coefficient (Wildman–Crippen LogP) is 5.59. The van der Waals surface area contributed by atoms with Gasteiger partial charge in [-0.1, -0.05) is 31.0 Å². The fourth-order valence-electron chi connectivity index (χ4n) is 4.51. The van der Waals surface area contributed by atoms with Crippen molar-refractivity contribution in [2.75, 3.05) is 26.3 Å². The molecule has 9 heteroatoms. The number of hydrogen-bond donors (Lipinski definition) is 0. The van der Waals surface area contributed by atoms with Crippen LogP contribution in [0.25, 0.3) is 0 Å². The van der Waals surface area contributed by atoms with Crippen molar-refractivity contribution >= 4 is 23.6 Å². The van der Waals surface area contributed by atoms with E-state index in [2.05, 4.69) is 18.0 Å². The number of allylic oxidation sites excluding steroid dienone is 1. The quantitative estimate of drug-likeness (QED) is 0.322. The van der Waals surface area contributed by atoms with Gasteiger partial charge in [0.2, 0.25) is 0 Å². The molecule has 2 saturated heterocycles. The largest absolute Gasteiger partial charge is 0.446 e.